The molecule has 1 saturated carbocycles. The van der Waals surface area contributed by atoms with Crippen molar-refractivity contribution in [1.82, 2.24) is 15.5 Å². The van der Waals surface area contributed by atoms with Gasteiger partial charge in [0.05, 0.1) is 37.2 Å². The van der Waals surface area contributed by atoms with E-state index in [1.165, 1.54) is 12.1 Å². The minimum Gasteiger partial charge on any atom is -0.376 e. The van der Waals surface area contributed by atoms with E-state index in [1.807, 2.05) is 6.92 Å². The number of rotatable bonds is 5. The largest absolute Gasteiger partial charge is 0.376 e. The van der Waals surface area contributed by atoms with Crippen LogP contribution in [0.25, 0.3) is 11.3 Å². The highest BCUT2D eigenvalue weighted by Crippen LogP contribution is 2.41. The van der Waals surface area contributed by atoms with Crippen LogP contribution in [0.15, 0.2) is 24.3 Å². The van der Waals surface area contributed by atoms with Gasteiger partial charge in [-0.1, -0.05) is 6.07 Å². The molecule has 2 N–H and O–H groups in total. The molecule has 32 heavy (non-hydrogen) atoms. The molecule has 5 atom stereocenters. The number of aromatic nitrogens is 2. The molecule has 2 aromatic rings. The maximum absolute atomic E-state index is 13.7. The minimum atomic E-state index is -0.334. The van der Waals surface area contributed by atoms with Gasteiger partial charge in [-0.05, 0) is 68.3 Å². The second-order valence-electron chi connectivity index (χ2n) is 9.12. The molecule has 5 rings (SSSR count). The molecule has 0 bridgehead atoms. The van der Waals surface area contributed by atoms with Crippen molar-refractivity contribution in [1.29, 1.82) is 5.26 Å². The molecule has 0 unspecified atom stereocenters. The molecule has 3 fully saturated rings. The number of nitrogens with one attached hydrogen (secondary N) is 2. The molecule has 3 heterocycles. The first-order valence-electron chi connectivity index (χ1n) is 11.3. The SMILES string of the molecule is Cc1ccc(F)cc1-c1cc(C#N)c(N[C@H]2C[C@@H]3CN[C@@H](C[C@@H]4COCCO4)[C@H]3C2)nn1. The maximum Gasteiger partial charge on any atom is 0.166 e. The summed E-state index contributed by atoms with van der Waals surface area (Å²) >= 11 is 0. The number of anilines is 1. The highest BCUT2D eigenvalue weighted by atomic mass is 19.1. The minimum absolute atomic E-state index is 0.168. The fraction of sp³-hybridized carbons (Fsp3) is 0.542. The predicted molar refractivity (Wildman–Crippen MR) is 117 cm³/mol. The Bertz CT molecular complexity index is 1020. The van der Waals surface area contributed by atoms with Gasteiger partial charge in [-0.3, -0.25) is 0 Å². The third-order valence-corrected chi connectivity index (χ3v) is 7.04. The number of nitriles is 1. The van der Waals surface area contributed by atoms with E-state index in [1.54, 1.807) is 12.1 Å². The highest BCUT2D eigenvalue weighted by Gasteiger charge is 2.44. The predicted octanol–water partition coefficient (Wildman–Crippen LogP) is 3.05. The molecule has 168 valence electrons. The van der Waals surface area contributed by atoms with E-state index < -0.39 is 0 Å². The summed E-state index contributed by atoms with van der Waals surface area (Å²) in [5.74, 6) is 1.35. The highest BCUT2D eigenvalue weighted by molar-refractivity contribution is 5.67. The van der Waals surface area contributed by atoms with E-state index in [4.69, 9.17) is 9.47 Å². The molecule has 1 aromatic heterocycles. The average Bonchev–Trinajstić information content (AvgIpc) is 3.37. The molecule has 8 heteroatoms. The molecular formula is C24H28FN5O2. The Labute approximate surface area is 187 Å². The Hall–Kier alpha value is -2.60. The summed E-state index contributed by atoms with van der Waals surface area (Å²) in [6.45, 7) is 4.94. The van der Waals surface area contributed by atoms with Crippen LogP contribution >= 0.6 is 0 Å². The summed E-state index contributed by atoms with van der Waals surface area (Å²) in [4.78, 5) is 0. The van der Waals surface area contributed by atoms with Crippen LogP contribution in [0.3, 0.4) is 0 Å². The molecular weight excluding hydrogens is 409 g/mol. The molecule has 7 nitrogen and oxygen atoms in total. The number of ether oxygens (including phenoxy) is 2. The van der Waals surface area contributed by atoms with Gasteiger partial charge in [0.15, 0.2) is 5.82 Å². The van der Waals surface area contributed by atoms with Gasteiger partial charge in [-0.25, -0.2) is 4.39 Å². The molecule has 1 aliphatic carbocycles. The Morgan fingerprint density at radius 2 is 2.16 bits per heavy atom. The smallest absolute Gasteiger partial charge is 0.166 e. The maximum atomic E-state index is 13.7. The van der Waals surface area contributed by atoms with Crippen LogP contribution in [0.1, 0.15) is 30.4 Å². The van der Waals surface area contributed by atoms with Crippen molar-refractivity contribution in [3.63, 3.8) is 0 Å². The van der Waals surface area contributed by atoms with Crippen LogP contribution in [0.5, 0.6) is 0 Å². The molecule has 0 radical (unpaired) electrons. The summed E-state index contributed by atoms with van der Waals surface area (Å²) in [6, 6.07) is 9.15. The van der Waals surface area contributed by atoms with Crippen molar-refractivity contribution in [2.45, 2.75) is 44.4 Å². The van der Waals surface area contributed by atoms with Gasteiger partial charge in [0, 0.05) is 17.6 Å². The molecule has 2 saturated heterocycles. The second kappa shape index (κ2) is 9.10. The van der Waals surface area contributed by atoms with Crippen LogP contribution in [0.2, 0.25) is 0 Å². The van der Waals surface area contributed by atoms with Crippen LogP contribution < -0.4 is 10.6 Å². The lowest BCUT2D eigenvalue weighted by molar-refractivity contribution is -0.0943. The van der Waals surface area contributed by atoms with Crippen molar-refractivity contribution in [2.24, 2.45) is 11.8 Å². The molecule has 1 aromatic carbocycles. The van der Waals surface area contributed by atoms with Gasteiger partial charge >= 0.3 is 0 Å². The molecule has 0 spiro atoms. The Kier molecular flexibility index (Phi) is 6.05. The van der Waals surface area contributed by atoms with Crippen LogP contribution in [-0.2, 0) is 9.47 Å². The van der Waals surface area contributed by atoms with Crippen molar-refractivity contribution in [3.05, 3.63) is 41.2 Å². The first-order valence-corrected chi connectivity index (χ1v) is 11.3. The van der Waals surface area contributed by atoms with Gasteiger partial charge in [0.2, 0.25) is 0 Å². The Morgan fingerprint density at radius 3 is 2.97 bits per heavy atom. The molecule has 3 aliphatic rings. The van der Waals surface area contributed by atoms with Crippen molar-refractivity contribution < 1.29 is 13.9 Å². The number of nitrogens with zero attached hydrogens (tertiary/aromatic N) is 3. The van der Waals surface area contributed by atoms with Crippen molar-refractivity contribution in [3.8, 4) is 17.3 Å². The van der Waals surface area contributed by atoms with Crippen molar-refractivity contribution in [2.75, 3.05) is 31.7 Å². The van der Waals surface area contributed by atoms with E-state index in [0.29, 0.717) is 60.3 Å². The van der Waals surface area contributed by atoms with Gasteiger partial charge in [0.25, 0.3) is 0 Å². The Balaban J connectivity index is 1.26. The number of hydrogen-bond acceptors (Lipinski definition) is 7. The first kappa shape index (κ1) is 21.3. The zero-order valence-electron chi connectivity index (χ0n) is 18.2. The number of fused-ring (bicyclic) bond motifs is 1. The summed E-state index contributed by atoms with van der Waals surface area (Å²) < 4.78 is 25.1. The summed E-state index contributed by atoms with van der Waals surface area (Å²) in [5.41, 5.74) is 2.48. The van der Waals surface area contributed by atoms with E-state index in [-0.39, 0.29) is 18.0 Å². The lowest BCUT2D eigenvalue weighted by atomic mass is 9.91. The quantitative estimate of drug-likeness (QED) is 0.743. The fourth-order valence-electron chi connectivity index (χ4n) is 5.45. The zero-order valence-corrected chi connectivity index (χ0v) is 18.2. The molecule has 0 amide bonds. The lowest BCUT2D eigenvalue weighted by Crippen LogP contribution is -2.38. The Morgan fingerprint density at radius 1 is 1.25 bits per heavy atom. The third kappa shape index (κ3) is 4.33. The second-order valence-corrected chi connectivity index (χ2v) is 9.12. The fourth-order valence-corrected chi connectivity index (χ4v) is 5.45. The van der Waals surface area contributed by atoms with E-state index in [9.17, 15) is 9.65 Å². The van der Waals surface area contributed by atoms with Crippen LogP contribution in [0.4, 0.5) is 10.2 Å². The van der Waals surface area contributed by atoms with Gasteiger partial charge in [-0.2, -0.15) is 5.26 Å². The molecule has 2 aliphatic heterocycles. The van der Waals surface area contributed by atoms with Gasteiger partial charge in [-0.15, -0.1) is 10.2 Å². The number of benzene rings is 1. The number of halogens is 1. The topological polar surface area (TPSA) is 92.1 Å². The summed E-state index contributed by atoms with van der Waals surface area (Å²) in [6.07, 6.45) is 3.20. The summed E-state index contributed by atoms with van der Waals surface area (Å²) in [5, 5.41) is 25.4. The average molecular weight is 438 g/mol. The third-order valence-electron chi connectivity index (χ3n) is 7.04. The van der Waals surface area contributed by atoms with Crippen LogP contribution in [-0.4, -0.2) is 54.8 Å². The number of aryl methyl sites for hydroxylation is 1. The van der Waals surface area contributed by atoms with E-state index in [2.05, 4.69) is 26.9 Å². The van der Waals surface area contributed by atoms with Crippen molar-refractivity contribution >= 4 is 5.82 Å². The van der Waals surface area contributed by atoms with Crippen LogP contribution in [0, 0.1) is 35.9 Å². The van der Waals surface area contributed by atoms with E-state index in [0.717, 1.165) is 31.4 Å². The zero-order chi connectivity index (χ0) is 22.1. The van der Waals surface area contributed by atoms with Gasteiger partial charge < -0.3 is 20.1 Å². The normalized spacial score (nSPS) is 29.5. The first-order chi connectivity index (χ1) is 15.6. The standard InChI is InChI=1S/C24H28FN5O2/c1-14-2-3-17(25)8-20(14)23-7-15(11-26)24(30-29-23)28-18-6-16-12-27-22(21(16)9-18)10-19-13-31-4-5-32-19/h2-3,7-8,16,18-19,21-22,27H,4-6,9-10,12-13H2,1H3,(H,28,30)/t16-,18+,19-,21+,22+/m1/s1. The summed E-state index contributed by atoms with van der Waals surface area (Å²) in [7, 11) is 0. The number of hydrogen-bond donors (Lipinski definition) is 2. The lowest BCUT2D eigenvalue weighted by Gasteiger charge is -2.28. The van der Waals surface area contributed by atoms with E-state index >= 15 is 0 Å². The monoisotopic (exact) mass is 437 g/mol. The van der Waals surface area contributed by atoms with Gasteiger partial charge in [0.1, 0.15) is 11.9 Å².